The van der Waals surface area contributed by atoms with Gasteiger partial charge in [0.15, 0.2) is 0 Å². The van der Waals surface area contributed by atoms with Gasteiger partial charge in [-0.1, -0.05) is 98.8 Å². The molecule has 9 nitrogen and oxygen atoms in total. The van der Waals surface area contributed by atoms with Crippen LogP contribution in [-0.2, 0) is 46.4 Å². The van der Waals surface area contributed by atoms with E-state index in [9.17, 15) is 17.8 Å². The molecule has 2 aliphatic rings. The summed E-state index contributed by atoms with van der Waals surface area (Å²) in [5, 5.41) is 0. The van der Waals surface area contributed by atoms with Crippen LogP contribution in [0.25, 0.3) is 0 Å². The van der Waals surface area contributed by atoms with Crippen LogP contribution in [-0.4, -0.2) is 42.3 Å². The van der Waals surface area contributed by atoms with Crippen molar-refractivity contribution in [2.45, 2.75) is 39.5 Å². The van der Waals surface area contributed by atoms with Crippen LogP contribution in [0.3, 0.4) is 0 Å². The van der Waals surface area contributed by atoms with E-state index < -0.39 is 36.7 Å². The van der Waals surface area contributed by atoms with E-state index in [-0.39, 0.29) is 31.6 Å². The molecule has 0 saturated carbocycles. The van der Waals surface area contributed by atoms with E-state index in [4.69, 9.17) is 13.6 Å². The fourth-order valence-corrected chi connectivity index (χ4v) is 7.02. The van der Waals surface area contributed by atoms with Crippen LogP contribution in [0.1, 0.15) is 31.4 Å². The Bertz CT molecular complexity index is 1240. The Morgan fingerprint density at radius 1 is 0.868 bits per heavy atom. The molecule has 2 aromatic carbocycles. The van der Waals surface area contributed by atoms with Crippen LogP contribution >= 0.6 is 7.82 Å². The molecule has 2 aromatic rings. The molecule has 1 saturated heterocycles. The number of carbonyl (C=O) groups excluding carboxylic acids is 1. The first kappa shape index (κ1) is 28.4. The second-order valence-corrected chi connectivity index (χ2v) is 13.0. The molecule has 0 bridgehead atoms. The summed E-state index contributed by atoms with van der Waals surface area (Å²) in [6.45, 7) is 3.02. The molecule has 0 radical (unpaired) electrons. The molecule has 1 aliphatic carbocycles. The normalized spacial score (nSPS) is 19.7. The minimum atomic E-state index is -4.28. The van der Waals surface area contributed by atoms with Gasteiger partial charge in [0.2, 0.25) is 0 Å². The summed E-state index contributed by atoms with van der Waals surface area (Å²) in [7, 11) is -8.50. The van der Waals surface area contributed by atoms with E-state index in [1.165, 1.54) is 4.31 Å². The monoisotopic (exact) mass is 560 g/mol. The maximum atomic E-state index is 13.6. The van der Waals surface area contributed by atoms with Crippen molar-refractivity contribution in [3.63, 3.8) is 0 Å². The van der Waals surface area contributed by atoms with E-state index in [0.29, 0.717) is 10.7 Å². The number of phosphoric acid groups is 1. The Labute approximate surface area is 224 Å². The highest BCUT2D eigenvalue weighted by atomic mass is 32.2. The maximum absolute atomic E-state index is 13.6. The van der Waals surface area contributed by atoms with Gasteiger partial charge in [-0.2, -0.15) is 17.0 Å². The summed E-state index contributed by atoms with van der Waals surface area (Å²) in [5.74, 6) is -0.684. The zero-order valence-electron chi connectivity index (χ0n) is 21.5. The minimum Gasteiger partial charge on any atom is -0.282 e. The fourth-order valence-electron chi connectivity index (χ4n) is 4.21. The van der Waals surface area contributed by atoms with E-state index in [2.05, 4.69) is 0 Å². The average Bonchev–Trinajstić information content (AvgIpc) is 3.48. The van der Waals surface area contributed by atoms with Crippen molar-refractivity contribution < 1.29 is 31.3 Å². The highest BCUT2D eigenvalue weighted by Gasteiger charge is 2.51. The lowest BCUT2D eigenvalue weighted by atomic mass is 10.0. The highest BCUT2D eigenvalue weighted by Crippen LogP contribution is 2.51. The Kier molecular flexibility index (Phi) is 9.36. The van der Waals surface area contributed by atoms with Crippen LogP contribution in [0.5, 0.6) is 0 Å². The van der Waals surface area contributed by atoms with Crippen LogP contribution in [0, 0.1) is 11.8 Å². The number of carbonyl (C=O) groups is 1. The van der Waals surface area contributed by atoms with Gasteiger partial charge in [0.1, 0.15) is 12.8 Å². The predicted octanol–water partition coefficient (Wildman–Crippen LogP) is 5.05. The van der Waals surface area contributed by atoms with Crippen molar-refractivity contribution in [1.29, 1.82) is 0 Å². The van der Waals surface area contributed by atoms with Gasteiger partial charge < -0.3 is 0 Å². The number of amides is 1. The molecule has 1 fully saturated rings. The van der Waals surface area contributed by atoms with Gasteiger partial charge in [-0.25, -0.2) is 4.57 Å². The topological polar surface area (TPSA) is 102 Å². The molecule has 1 amide bonds. The Balaban J connectivity index is 1.52. The van der Waals surface area contributed by atoms with E-state index in [1.807, 2.05) is 74.5 Å². The first-order chi connectivity index (χ1) is 18.2. The smallest absolute Gasteiger partial charge is 0.282 e. The Hall–Kier alpha value is -2.59. The second kappa shape index (κ2) is 12.5. The zero-order chi connectivity index (χ0) is 27.2. The molecular formula is C27H33N2O7PS. The number of allylic oxidation sites excluding steroid dienone is 2. The van der Waals surface area contributed by atoms with Crippen LogP contribution in [0.4, 0.5) is 0 Å². The van der Waals surface area contributed by atoms with Crippen LogP contribution in [0.2, 0.25) is 0 Å². The third kappa shape index (κ3) is 7.08. The maximum Gasteiger partial charge on any atom is 0.477 e. The highest BCUT2D eigenvalue weighted by molar-refractivity contribution is 7.87. The first-order valence-corrected chi connectivity index (χ1v) is 15.3. The van der Waals surface area contributed by atoms with Crippen molar-refractivity contribution in [2.24, 2.45) is 11.8 Å². The summed E-state index contributed by atoms with van der Waals surface area (Å²) in [6, 6.07) is 17.2. The molecule has 0 spiro atoms. The number of phosphoric ester groups is 1. The number of nitrogens with zero attached hydrogens (tertiary/aromatic N) is 2. The number of hydrogen-bond donors (Lipinski definition) is 0. The van der Waals surface area contributed by atoms with Crippen LogP contribution < -0.4 is 0 Å². The zero-order valence-corrected chi connectivity index (χ0v) is 23.2. The summed E-state index contributed by atoms with van der Waals surface area (Å²) in [4.78, 5) is 13.3. The lowest BCUT2D eigenvalue weighted by Crippen LogP contribution is -2.39. The van der Waals surface area contributed by atoms with Gasteiger partial charge in [0.25, 0.3) is 5.91 Å². The summed E-state index contributed by atoms with van der Waals surface area (Å²) >= 11 is 0. The summed E-state index contributed by atoms with van der Waals surface area (Å²) < 4.78 is 59.1. The number of benzene rings is 2. The lowest BCUT2D eigenvalue weighted by molar-refractivity contribution is -0.130. The largest absolute Gasteiger partial charge is 0.477 e. The van der Waals surface area contributed by atoms with Crippen LogP contribution in [0.15, 0.2) is 85.0 Å². The van der Waals surface area contributed by atoms with Gasteiger partial charge >= 0.3 is 18.0 Å². The third-order valence-electron chi connectivity index (χ3n) is 6.16. The first-order valence-electron chi connectivity index (χ1n) is 12.5. The minimum absolute atomic E-state index is 0.0756. The standard InChI is InChI=1S/C27H33N2O7PS/c1-22(2)17-26-27(30)29(38(32,33)28(26)18-23-11-9-10-12-23)21-36-37(31,34-19-24-13-5-3-6-14-24)35-20-25-15-7-4-8-16-25/h3-16,22-23,26H,17-21H2,1-2H3. The summed E-state index contributed by atoms with van der Waals surface area (Å²) in [6.07, 6.45) is 7.81. The molecule has 0 aromatic heterocycles. The molecule has 11 heteroatoms. The van der Waals surface area contributed by atoms with Crippen molar-refractivity contribution in [1.82, 2.24) is 8.61 Å². The quantitative estimate of drug-likeness (QED) is 0.316. The fraction of sp³-hybridized carbons (Fsp3) is 0.370. The van der Waals surface area contributed by atoms with E-state index in [0.717, 1.165) is 11.1 Å². The van der Waals surface area contributed by atoms with Gasteiger partial charge in [0, 0.05) is 12.5 Å². The molecule has 1 aliphatic heterocycles. The van der Waals surface area contributed by atoms with Crippen molar-refractivity contribution in [3.8, 4) is 0 Å². The van der Waals surface area contributed by atoms with E-state index >= 15 is 0 Å². The molecule has 1 heterocycles. The summed E-state index contributed by atoms with van der Waals surface area (Å²) in [5.41, 5.74) is 1.45. The van der Waals surface area contributed by atoms with Crippen molar-refractivity contribution in [3.05, 3.63) is 96.1 Å². The van der Waals surface area contributed by atoms with Gasteiger partial charge in [0.05, 0.1) is 13.2 Å². The average molecular weight is 561 g/mol. The van der Waals surface area contributed by atoms with E-state index in [1.54, 1.807) is 24.3 Å². The Morgan fingerprint density at radius 3 is 1.89 bits per heavy atom. The van der Waals surface area contributed by atoms with Crippen molar-refractivity contribution >= 4 is 23.9 Å². The van der Waals surface area contributed by atoms with Gasteiger partial charge in [-0.3, -0.25) is 18.4 Å². The predicted molar refractivity (Wildman–Crippen MR) is 144 cm³/mol. The lowest BCUT2D eigenvalue weighted by Gasteiger charge is -2.24. The Morgan fingerprint density at radius 2 is 1.39 bits per heavy atom. The molecule has 204 valence electrons. The molecule has 38 heavy (non-hydrogen) atoms. The molecule has 1 atom stereocenters. The van der Waals surface area contributed by atoms with Gasteiger partial charge in [-0.05, 0) is 23.5 Å². The SMILES string of the molecule is CC(C)CC1C(=O)N(COP(=O)(OCc2ccccc2)OCc2ccccc2)S(=O)(=O)N1CC1C=CC=C1. The number of hydrogen-bond acceptors (Lipinski definition) is 7. The molecule has 1 unspecified atom stereocenters. The van der Waals surface area contributed by atoms with Crippen molar-refractivity contribution in [2.75, 3.05) is 13.3 Å². The third-order valence-corrected chi connectivity index (χ3v) is 9.32. The second-order valence-electron chi connectivity index (χ2n) is 9.57. The molecule has 4 rings (SSSR count). The molecule has 0 N–H and O–H groups in total. The number of rotatable bonds is 13. The molecular weight excluding hydrogens is 527 g/mol. The van der Waals surface area contributed by atoms with Gasteiger partial charge in [-0.15, -0.1) is 0 Å².